The monoisotopic (exact) mass is 336 g/mol. The molecule has 1 aromatic heterocycles. The molecule has 0 atom stereocenters. The van der Waals surface area contributed by atoms with Crippen LogP contribution in [0.25, 0.3) is 5.69 Å². The molecule has 6 heteroatoms. The molecule has 0 radical (unpaired) electrons. The lowest BCUT2D eigenvalue weighted by molar-refractivity contribution is 0.102. The van der Waals surface area contributed by atoms with E-state index in [1.807, 2.05) is 44.2 Å². The molecule has 0 saturated heterocycles. The molecular weight excluding hydrogens is 316 g/mol. The van der Waals surface area contributed by atoms with Crippen molar-refractivity contribution >= 4 is 11.6 Å². The number of amides is 1. The van der Waals surface area contributed by atoms with E-state index in [9.17, 15) is 4.79 Å². The fourth-order valence-electron chi connectivity index (χ4n) is 2.57. The summed E-state index contributed by atoms with van der Waals surface area (Å²) in [5, 5.41) is 11.0. The molecule has 0 aliphatic heterocycles. The number of carbonyl (C=O) groups excluding carboxylic acids is 1. The highest BCUT2D eigenvalue weighted by atomic mass is 16.5. The van der Waals surface area contributed by atoms with E-state index < -0.39 is 0 Å². The normalized spacial score (nSPS) is 10.6. The van der Waals surface area contributed by atoms with Crippen molar-refractivity contribution in [1.29, 1.82) is 0 Å². The van der Waals surface area contributed by atoms with E-state index in [4.69, 9.17) is 4.74 Å². The van der Waals surface area contributed by atoms with Crippen LogP contribution in [0.4, 0.5) is 5.69 Å². The molecule has 0 aliphatic carbocycles. The zero-order valence-corrected chi connectivity index (χ0v) is 14.7. The number of ether oxygens (including phenoxy) is 1. The first kappa shape index (κ1) is 16.7. The van der Waals surface area contributed by atoms with Crippen LogP contribution in [0.3, 0.4) is 0 Å². The second-order valence-electron chi connectivity index (χ2n) is 5.86. The summed E-state index contributed by atoms with van der Waals surface area (Å²) in [4.78, 5) is 12.6. The number of nitrogens with zero attached hydrogens (tertiary/aromatic N) is 3. The average Bonchev–Trinajstić information content (AvgIpc) is 2.99. The van der Waals surface area contributed by atoms with Gasteiger partial charge in [0, 0.05) is 0 Å². The third-order valence-corrected chi connectivity index (χ3v) is 4.20. The van der Waals surface area contributed by atoms with E-state index >= 15 is 0 Å². The number of anilines is 1. The van der Waals surface area contributed by atoms with Gasteiger partial charge in [-0.05, 0) is 56.2 Å². The first-order valence-electron chi connectivity index (χ1n) is 7.95. The number of rotatable bonds is 4. The maximum Gasteiger partial charge on any atom is 0.278 e. The van der Waals surface area contributed by atoms with E-state index in [1.54, 1.807) is 23.9 Å². The van der Waals surface area contributed by atoms with Crippen molar-refractivity contribution in [3.63, 3.8) is 0 Å². The van der Waals surface area contributed by atoms with Crippen LogP contribution in [0.2, 0.25) is 0 Å². The van der Waals surface area contributed by atoms with Crippen LogP contribution in [0, 0.1) is 20.8 Å². The standard InChI is InChI=1S/C19H20N4O2/c1-12-9-10-15(11-13(12)2)23-14(3)18(21-22-23)19(24)20-16-7-5-6-8-17(16)25-4/h5-11H,1-4H3,(H,20,24). The number of aryl methyl sites for hydroxylation is 2. The maximum atomic E-state index is 12.6. The maximum absolute atomic E-state index is 12.6. The number of carbonyl (C=O) groups is 1. The van der Waals surface area contributed by atoms with Crippen LogP contribution in [0.15, 0.2) is 42.5 Å². The number of nitrogens with one attached hydrogen (secondary N) is 1. The van der Waals surface area contributed by atoms with Gasteiger partial charge >= 0.3 is 0 Å². The van der Waals surface area contributed by atoms with E-state index in [2.05, 4.69) is 22.6 Å². The van der Waals surface area contributed by atoms with Crippen molar-refractivity contribution in [3.05, 3.63) is 65.0 Å². The van der Waals surface area contributed by atoms with E-state index in [0.717, 1.165) is 11.3 Å². The summed E-state index contributed by atoms with van der Waals surface area (Å²) in [6, 6.07) is 13.3. The van der Waals surface area contributed by atoms with Gasteiger partial charge in [-0.15, -0.1) is 5.10 Å². The third kappa shape index (κ3) is 3.24. The first-order chi connectivity index (χ1) is 12.0. The molecule has 0 aliphatic rings. The molecule has 3 aromatic rings. The molecule has 3 rings (SSSR count). The Hall–Kier alpha value is -3.15. The molecule has 25 heavy (non-hydrogen) atoms. The average molecular weight is 336 g/mol. The van der Waals surface area contributed by atoms with Gasteiger partial charge in [-0.3, -0.25) is 4.79 Å². The van der Waals surface area contributed by atoms with Crippen LogP contribution < -0.4 is 10.1 Å². The number of benzene rings is 2. The van der Waals surface area contributed by atoms with Crippen molar-refractivity contribution in [2.24, 2.45) is 0 Å². The highest BCUT2D eigenvalue weighted by molar-refractivity contribution is 6.04. The number of para-hydroxylation sites is 2. The zero-order chi connectivity index (χ0) is 18.0. The minimum Gasteiger partial charge on any atom is -0.495 e. The fourth-order valence-corrected chi connectivity index (χ4v) is 2.57. The van der Waals surface area contributed by atoms with Crippen molar-refractivity contribution in [2.75, 3.05) is 12.4 Å². The minimum absolute atomic E-state index is 0.282. The summed E-state index contributed by atoms with van der Waals surface area (Å²) in [6.45, 7) is 5.92. The molecular formula is C19H20N4O2. The third-order valence-electron chi connectivity index (χ3n) is 4.20. The number of hydrogen-bond acceptors (Lipinski definition) is 4. The Balaban J connectivity index is 1.90. The molecule has 0 fully saturated rings. The summed E-state index contributed by atoms with van der Waals surface area (Å²) in [5.74, 6) is 0.270. The topological polar surface area (TPSA) is 69.0 Å². The molecule has 128 valence electrons. The summed E-state index contributed by atoms with van der Waals surface area (Å²) in [5.41, 5.74) is 4.79. The highest BCUT2D eigenvalue weighted by Gasteiger charge is 2.18. The lowest BCUT2D eigenvalue weighted by Gasteiger charge is -2.09. The summed E-state index contributed by atoms with van der Waals surface area (Å²) < 4.78 is 6.93. The summed E-state index contributed by atoms with van der Waals surface area (Å²) >= 11 is 0. The largest absolute Gasteiger partial charge is 0.495 e. The van der Waals surface area contributed by atoms with Gasteiger partial charge < -0.3 is 10.1 Å². The molecule has 0 unspecified atom stereocenters. The molecule has 0 saturated carbocycles. The molecule has 1 heterocycles. The fraction of sp³-hybridized carbons (Fsp3) is 0.211. The Bertz CT molecular complexity index is 931. The predicted molar refractivity (Wildman–Crippen MR) is 96.5 cm³/mol. The van der Waals surface area contributed by atoms with Gasteiger partial charge in [-0.2, -0.15) is 0 Å². The van der Waals surface area contributed by atoms with Gasteiger partial charge in [-0.1, -0.05) is 23.4 Å². The second-order valence-corrected chi connectivity index (χ2v) is 5.86. The van der Waals surface area contributed by atoms with Crippen molar-refractivity contribution < 1.29 is 9.53 Å². The number of aromatic nitrogens is 3. The molecule has 1 amide bonds. The predicted octanol–water partition coefficient (Wildman–Crippen LogP) is 3.45. The van der Waals surface area contributed by atoms with Gasteiger partial charge in [0.1, 0.15) is 5.75 Å². The number of methoxy groups -OCH3 is 1. The van der Waals surface area contributed by atoms with Crippen LogP contribution in [0.5, 0.6) is 5.75 Å². The lowest BCUT2D eigenvalue weighted by Crippen LogP contribution is -2.14. The van der Waals surface area contributed by atoms with Crippen LogP contribution in [0.1, 0.15) is 27.3 Å². The van der Waals surface area contributed by atoms with Gasteiger partial charge in [-0.25, -0.2) is 4.68 Å². The lowest BCUT2D eigenvalue weighted by atomic mass is 10.1. The molecule has 1 N–H and O–H groups in total. The first-order valence-corrected chi connectivity index (χ1v) is 7.95. The zero-order valence-electron chi connectivity index (χ0n) is 14.7. The van der Waals surface area contributed by atoms with Crippen molar-refractivity contribution in [1.82, 2.24) is 15.0 Å². The van der Waals surface area contributed by atoms with Gasteiger partial charge in [0.05, 0.1) is 24.2 Å². The summed E-state index contributed by atoms with van der Waals surface area (Å²) in [6.07, 6.45) is 0. The summed E-state index contributed by atoms with van der Waals surface area (Å²) in [7, 11) is 1.56. The van der Waals surface area contributed by atoms with E-state index in [-0.39, 0.29) is 11.6 Å². The van der Waals surface area contributed by atoms with Gasteiger partial charge in [0.25, 0.3) is 5.91 Å². The molecule has 0 spiro atoms. The van der Waals surface area contributed by atoms with E-state index in [1.165, 1.54) is 5.56 Å². The van der Waals surface area contributed by atoms with Crippen LogP contribution in [-0.2, 0) is 0 Å². The van der Waals surface area contributed by atoms with Crippen LogP contribution >= 0.6 is 0 Å². The SMILES string of the molecule is COc1ccccc1NC(=O)c1nnn(-c2ccc(C)c(C)c2)c1C. The van der Waals surface area contributed by atoms with Crippen molar-refractivity contribution in [3.8, 4) is 11.4 Å². The highest BCUT2D eigenvalue weighted by Crippen LogP contribution is 2.24. The Morgan fingerprint density at radius 2 is 1.84 bits per heavy atom. The Morgan fingerprint density at radius 3 is 2.56 bits per heavy atom. The minimum atomic E-state index is -0.322. The Morgan fingerprint density at radius 1 is 1.08 bits per heavy atom. The molecule has 2 aromatic carbocycles. The number of hydrogen-bond donors (Lipinski definition) is 1. The Kier molecular flexibility index (Phi) is 4.52. The smallest absolute Gasteiger partial charge is 0.278 e. The second kappa shape index (κ2) is 6.76. The van der Waals surface area contributed by atoms with Crippen molar-refractivity contribution in [2.45, 2.75) is 20.8 Å². The Labute approximate surface area is 146 Å². The van der Waals surface area contributed by atoms with Crippen LogP contribution in [-0.4, -0.2) is 28.0 Å². The molecule has 0 bridgehead atoms. The van der Waals surface area contributed by atoms with Gasteiger partial charge in [0.15, 0.2) is 5.69 Å². The molecule has 6 nitrogen and oxygen atoms in total. The van der Waals surface area contributed by atoms with E-state index in [0.29, 0.717) is 17.1 Å². The van der Waals surface area contributed by atoms with Gasteiger partial charge in [0.2, 0.25) is 0 Å². The quantitative estimate of drug-likeness (QED) is 0.792.